The van der Waals surface area contributed by atoms with Gasteiger partial charge in [0.1, 0.15) is 5.50 Å². The van der Waals surface area contributed by atoms with Gasteiger partial charge in [-0.1, -0.05) is 30.3 Å². The molecule has 0 bridgehead atoms. The van der Waals surface area contributed by atoms with Crippen LogP contribution in [0.25, 0.3) is 0 Å². The lowest BCUT2D eigenvalue weighted by Gasteiger charge is -2.24. The molecule has 1 saturated heterocycles. The van der Waals surface area contributed by atoms with Crippen LogP contribution in [-0.4, -0.2) is 33.4 Å². The van der Waals surface area contributed by atoms with Crippen LogP contribution in [0.4, 0.5) is 0 Å². The standard InChI is InChI=1S/C13H14N2O3S/c16-10(9-4-2-1-3-5-9)8-14-6-7-19-13(14)15-11(17)12(15)18/h1-5,10,13,16H,6-8H2. The summed E-state index contributed by atoms with van der Waals surface area (Å²) in [5.41, 5.74) is -0.225. The van der Waals surface area contributed by atoms with Gasteiger partial charge in [-0.2, -0.15) is 0 Å². The van der Waals surface area contributed by atoms with Gasteiger partial charge in [0.2, 0.25) is 0 Å². The fourth-order valence-electron chi connectivity index (χ4n) is 2.26. The maximum Gasteiger partial charge on any atom is 0.321 e. The number of aliphatic hydroxyl groups is 1. The molecule has 0 aliphatic carbocycles. The van der Waals surface area contributed by atoms with E-state index in [2.05, 4.69) is 0 Å². The molecule has 1 aliphatic rings. The summed E-state index contributed by atoms with van der Waals surface area (Å²) in [7, 11) is 0. The topological polar surface area (TPSA) is 62.5 Å². The Morgan fingerprint density at radius 1 is 1.26 bits per heavy atom. The van der Waals surface area contributed by atoms with E-state index in [9.17, 15) is 14.7 Å². The Balaban J connectivity index is 1.71. The second kappa shape index (κ2) is 4.96. The zero-order valence-corrected chi connectivity index (χ0v) is 11.0. The van der Waals surface area contributed by atoms with Gasteiger partial charge < -0.3 is 5.11 Å². The van der Waals surface area contributed by atoms with E-state index in [1.165, 1.54) is 4.57 Å². The zero-order valence-electron chi connectivity index (χ0n) is 10.2. The number of aliphatic hydroxyl groups excluding tert-OH is 1. The fraction of sp³-hybridized carbons (Fsp3) is 0.385. The molecule has 6 heteroatoms. The SMILES string of the molecule is O=c1c(=O)n1C1SCCN1CC(O)c1ccccc1. The largest absolute Gasteiger partial charge is 0.387 e. The van der Waals surface area contributed by atoms with Crippen molar-refractivity contribution in [3.05, 3.63) is 56.6 Å². The molecule has 2 unspecified atom stereocenters. The second-order valence-electron chi connectivity index (χ2n) is 4.60. The third-order valence-electron chi connectivity index (χ3n) is 3.34. The molecule has 0 spiro atoms. The second-order valence-corrected chi connectivity index (χ2v) is 5.76. The van der Waals surface area contributed by atoms with E-state index in [1.807, 2.05) is 35.2 Å². The van der Waals surface area contributed by atoms with Gasteiger partial charge in [0.15, 0.2) is 0 Å². The molecule has 2 atom stereocenters. The number of β-amino-alcohol motifs (C(OH)–C–C–N with tert-alkyl or cyclic N) is 1. The lowest BCUT2D eigenvalue weighted by atomic mass is 10.1. The molecule has 1 aromatic heterocycles. The van der Waals surface area contributed by atoms with Gasteiger partial charge in [0.05, 0.1) is 6.10 Å². The van der Waals surface area contributed by atoms with Crippen LogP contribution in [0.1, 0.15) is 17.2 Å². The van der Waals surface area contributed by atoms with E-state index in [0.717, 1.165) is 17.9 Å². The maximum absolute atomic E-state index is 11.2. The molecular weight excluding hydrogens is 264 g/mol. The van der Waals surface area contributed by atoms with Gasteiger partial charge >= 0.3 is 11.1 Å². The van der Waals surface area contributed by atoms with Crippen LogP contribution in [0.2, 0.25) is 0 Å². The molecule has 0 amide bonds. The summed E-state index contributed by atoms with van der Waals surface area (Å²) in [6.45, 7) is 1.20. The summed E-state index contributed by atoms with van der Waals surface area (Å²) in [5.74, 6) is 0.864. The van der Waals surface area contributed by atoms with Crippen LogP contribution in [0, 0.1) is 0 Å². The number of hydrogen-bond acceptors (Lipinski definition) is 5. The van der Waals surface area contributed by atoms with Crippen molar-refractivity contribution in [2.45, 2.75) is 11.6 Å². The molecule has 3 rings (SSSR count). The van der Waals surface area contributed by atoms with Crippen molar-refractivity contribution < 1.29 is 5.11 Å². The van der Waals surface area contributed by atoms with Crippen LogP contribution in [-0.2, 0) is 0 Å². The molecule has 2 aromatic rings. The van der Waals surface area contributed by atoms with Gasteiger partial charge in [0.25, 0.3) is 0 Å². The lowest BCUT2D eigenvalue weighted by molar-refractivity contribution is 0.103. The maximum atomic E-state index is 11.2. The molecule has 5 nitrogen and oxygen atoms in total. The summed E-state index contributed by atoms with van der Waals surface area (Å²) in [4.78, 5) is 24.3. The molecule has 2 heterocycles. The Hall–Kier alpha value is -1.37. The summed E-state index contributed by atoms with van der Waals surface area (Å²) in [6.07, 6.45) is -0.604. The van der Waals surface area contributed by atoms with Crippen molar-refractivity contribution in [1.82, 2.24) is 9.47 Å². The molecule has 0 radical (unpaired) electrons. The van der Waals surface area contributed by atoms with Crippen molar-refractivity contribution in [2.75, 3.05) is 18.8 Å². The van der Waals surface area contributed by atoms with Crippen LogP contribution in [0.5, 0.6) is 0 Å². The van der Waals surface area contributed by atoms with Gasteiger partial charge in [-0.05, 0) is 5.56 Å². The summed E-state index contributed by atoms with van der Waals surface area (Å²) in [6, 6.07) is 9.41. The van der Waals surface area contributed by atoms with E-state index in [4.69, 9.17) is 0 Å². The first-order valence-electron chi connectivity index (χ1n) is 6.14. The third-order valence-corrected chi connectivity index (χ3v) is 4.57. The van der Waals surface area contributed by atoms with Crippen LogP contribution < -0.4 is 11.1 Å². The lowest BCUT2D eigenvalue weighted by Crippen LogP contribution is -2.30. The van der Waals surface area contributed by atoms with Gasteiger partial charge in [0, 0.05) is 18.8 Å². The molecule has 1 aromatic carbocycles. The minimum absolute atomic E-state index is 0.238. The first-order chi connectivity index (χ1) is 9.18. The Morgan fingerprint density at radius 3 is 2.58 bits per heavy atom. The van der Waals surface area contributed by atoms with E-state index >= 15 is 0 Å². The number of hydrogen-bond donors (Lipinski definition) is 1. The molecule has 1 fully saturated rings. The van der Waals surface area contributed by atoms with Gasteiger partial charge in [-0.25, -0.2) is 4.57 Å². The van der Waals surface area contributed by atoms with Crippen molar-refractivity contribution in [2.24, 2.45) is 0 Å². The average Bonchev–Trinajstić information content (AvgIpc) is 2.83. The number of aromatic nitrogens is 1. The Labute approximate surface area is 114 Å². The molecule has 0 saturated carbocycles. The Morgan fingerprint density at radius 2 is 1.95 bits per heavy atom. The van der Waals surface area contributed by atoms with E-state index < -0.39 is 17.2 Å². The number of benzene rings is 1. The highest BCUT2D eigenvalue weighted by atomic mass is 32.2. The highest BCUT2D eigenvalue weighted by Gasteiger charge is 2.35. The molecular formula is C13H14N2O3S. The Bertz CT molecular complexity index is 607. The van der Waals surface area contributed by atoms with Crippen LogP contribution >= 0.6 is 11.8 Å². The van der Waals surface area contributed by atoms with Crippen molar-refractivity contribution >= 4 is 11.8 Å². The predicted octanol–water partition coefficient (Wildman–Crippen LogP) is 0.323. The van der Waals surface area contributed by atoms with Crippen molar-refractivity contribution in [3.63, 3.8) is 0 Å². The number of nitrogens with zero attached hydrogens (tertiary/aromatic N) is 2. The predicted molar refractivity (Wildman–Crippen MR) is 73.8 cm³/mol. The van der Waals surface area contributed by atoms with E-state index in [-0.39, 0.29) is 5.50 Å². The highest BCUT2D eigenvalue weighted by molar-refractivity contribution is 7.99. The van der Waals surface area contributed by atoms with Crippen LogP contribution in [0.3, 0.4) is 0 Å². The van der Waals surface area contributed by atoms with Crippen molar-refractivity contribution in [3.8, 4) is 0 Å². The molecule has 19 heavy (non-hydrogen) atoms. The number of thioether (sulfide) groups is 1. The monoisotopic (exact) mass is 278 g/mol. The number of rotatable bonds is 4. The zero-order chi connectivity index (χ0) is 13.4. The fourth-order valence-corrected chi connectivity index (χ4v) is 3.55. The molecule has 1 aliphatic heterocycles. The minimum atomic E-state index is -0.604. The van der Waals surface area contributed by atoms with E-state index in [0.29, 0.717) is 6.54 Å². The quantitative estimate of drug-likeness (QED) is 0.816. The first kappa shape index (κ1) is 12.7. The molecule has 100 valence electrons. The summed E-state index contributed by atoms with van der Waals surface area (Å²) in [5, 5.41) is 10.2. The first-order valence-corrected chi connectivity index (χ1v) is 7.19. The minimum Gasteiger partial charge on any atom is -0.387 e. The van der Waals surface area contributed by atoms with Crippen molar-refractivity contribution in [1.29, 1.82) is 0 Å². The smallest absolute Gasteiger partial charge is 0.321 e. The van der Waals surface area contributed by atoms with Crippen LogP contribution in [0.15, 0.2) is 39.9 Å². The van der Waals surface area contributed by atoms with Gasteiger partial charge in [-0.15, -0.1) is 11.8 Å². The molecule has 1 N–H and O–H groups in total. The van der Waals surface area contributed by atoms with E-state index in [1.54, 1.807) is 11.8 Å². The highest BCUT2D eigenvalue weighted by Crippen LogP contribution is 2.33. The van der Waals surface area contributed by atoms with Gasteiger partial charge in [-0.3, -0.25) is 14.5 Å². The Kier molecular flexibility index (Phi) is 3.30. The summed E-state index contributed by atoms with van der Waals surface area (Å²) < 4.78 is 1.26. The third kappa shape index (κ3) is 2.39. The summed E-state index contributed by atoms with van der Waals surface area (Å²) >= 11 is 1.56. The normalized spacial score (nSPS) is 22.1. The average molecular weight is 278 g/mol.